The van der Waals surface area contributed by atoms with Gasteiger partial charge < -0.3 is 20.3 Å². The van der Waals surface area contributed by atoms with Crippen LogP contribution >= 0.6 is 0 Å². The van der Waals surface area contributed by atoms with Crippen molar-refractivity contribution < 1.29 is 23.5 Å². The smallest absolute Gasteiger partial charge is 0.335 e. The Kier molecular flexibility index (Phi) is 7.22. The predicted octanol–water partition coefficient (Wildman–Crippen LogP) is 1.82. The average molecular weight is 518 g/mol. The lowest BCUT2D eigenvalue weighted by atomic mass is 10.0. The number of ether oxygens (including phenoxy) is 1. The molecule has 3 heterocycles. The minimum absolute atomic E-state index is 0.0700. The standard InChI is InChI=1S/C26H24FN7O4/c27-20-11-10-18(23(29-20)34-12-14-38-15-13-34)24(35)32-33-26(37)31-22-25(36)28-19-9-5-4-8-17(19)21(30-22)16-6-2-1-3-7-16/h1-11,22H,12-15H2,(H,28,36)(H,32,35)(H2,31,33,37)/t22-/m1/s1. The van der Waals surface area contributed by atoms with Crippen LogP contribution in [0.1, 0.15) is 21.5 Å². The van der Waals surface area contributed by atoms with Crippen LogP contribution in [-0.4, -0.2) is 61.0 Å². The Morgan fingerprint density at radius 1 is 0.974 bits per heavy atom. The number of anilines is 2. The number of hydrogen-bond acceptors (Lipinski definition) is 7. The number of carbonyl (C=O) groups is 3. The van der Waals surface area contributed by atoms with Gasteiger partial charge in [0.05, 0.1) is 30.2 Å². The van der Waals surface area contributed by atoms with E-state index in [4.69, 9.17) is 4.74 Å². The third kappa shape index (κ3) is 5.44. The molecule has 5 rings (SSSR count). The fourth-order valence-corrected chi connectivity index (χ4v) is 4.14. The second kappa shape index (κ2) is 11.0. The number of hydrazine groups is 1. The molecule has 1 fully saturated rings. The first-order valence-corrected chi connectivity index (χ1v) is 11.9. The number of halogens is 1. The van der Waals surface area contributed by atoms with Crippen molar-refractivity contribution in [3.05, 3.63) is 89.4 Å². The summed E-state index contributed by atoms with van der Waals surface area (Å²) in [5, 5.41) is 5.24. The molecule has 1 aromatic heterocycles. The molecular weight excluding hydrogens is 493 g/mol. The Balaban J connectivity index is 1.31. The van der Waals surface area contributed by atoms with E-state index in [0.29, 0.717) is 43.3 Å². The van der Waals surface area contributed by atoms with Gasteiger partial charge in [0.1, 0.15) is 5.82 Å². The summed E-state index contributed by atoms with van der Waals surface area (Å²) in [7, 11) is 0. The van der Waals surface area contributed by atoms with Gasteiger partial charge >= 0.3 is 6.03 Å². The van der Waals surface area contributed by atoms with E-state index in [0.717, 1.165) is 11.6 Å². The van der Waals surface area contributed by atoms with Crippen LogP contribution in [0.5, 0.6) is 0 Å². The number of urea groups is 1. The van der Waals surface area contributed by atoms with Crippen LogP contribution in [0.15, 0.2) is 71.7 Å². The zero-order valence-electron chi connectivity index (χ0n) is 20.1. The quantitative estimate of drug-likeness (QED) is 0.308. The van der Waals surface area contributed by atoms with Crippen molar-refractivity contribution in [2.75, 3.05) is 36.5 Å². The number of hydrogen-bond donors (Lipinski definition) is 4. The minimum Gasteiger partial charge on any atom is -0.378 e. The van der Waals surface area contributed by atoms with E-state index in [1.165, 1.54) is 6.07 Å². The zero-order chi connectivity index (χ0) is 26.5. The number of aromatic nitrogens is 1. The molecule has 2 aliphatic rings. The summed E-state index contributed by atoms with van der Waals surface area (Å²) >= 11 is 0. The summed E-state index contributed by atoms with van der Waals surface area (Å²) < 4.78 is 19.1. The van der Waals surface area contributed by atoms with E-state index < -0.39 is 30.0 Å². The van der Waals surface area contributed by atoms with E-state index in [1.807, 2.05) is 42.5 Å². The molecule has 0 unspecified atom stereocenters. The Morgan fingerprint density at radius 2 is 1.71 bits per heavy atom. The van der Waals surface area contributed by atoms with E-state index in [-0.39, 0.29) is 11.4 Å². The summed E-state index contributed by atoms with van der Waals surface area (Å²) in [4.78, 5) is 48.5. The molecule has 0 spiro atoms. The third-order valence-electron chi connectivity index (χ3n) is 5.95. The van der Waals surface area contributed by atoms with E-state index in [1.54, 1.807) is 17.0 Å². The van der Waals surface area contributed by atoms with E-state index in [2.05, 4.69) is 31.5 Å². The molecule has 3 aromatic rings. The average Bonchev–Trinajstić information content (AvgIpc) is 3.08. The van der Waals surface area contributed by atoms with Gasteiger partial charge in [0.25, 0.3) is 11.8 Å². The van der Waals surface area contributed by atoms with Crippen LogP contribution in [0.2, 0.25) is 0 Å². The first kappa shape index (κ1) is 24.8. The second-order valence-electron chi connectivity index (χ2n) is 8.44. The van der Waals surface area contributed by atoms with Crippen LogP contribution in [0.4, 0.5) is 20.7 Å². The summed E-state index contributed by atoms with van der Waals surface area (Å²) in [6.07, 6.45) is -1.29. The normalized spacial score (nSPS) is 16.9. The van der Waals surface area contributed by atoms with Gasteiger partial charge in [0, 0.05) is 24.2 Å². The highest BCUT2D eigenvalue weighted by Gasteiger charge is 2.27. The number of rotatable bonds is 4. The maximum absolute atomic E-state index is 13.8. The molecule has 4 amide bonds. The van der Waals surface area contributed by atoms with Crippen molar-refractivity contribution in [3.63, 3.8) is 0 Å². The fraction of sp³-hybridized carbons (Fsp3) is 0.192. The van der Waals surface area contributed by atoms with Crippen molar-refractivity contribution in [1.82, 2.24) is 21.2 Å². The number of pyridine rings is 1. The van der Waals surface area contributed by atoms with Gasteiger partial charge in [-0.3, -0.25) is 15.0 Å². The lowest BCUT2D eigenvalue weighted by Crippen LogP contribution is -2.52. The summed E-state index contributed by atoms with van der Waals surface area (Å²) in [6, 6.07) is 17.9. The molecule has 2 aromatic carbocycles. The number of para-hydroxylation sites is 1. The highest BCUT2D eigenvalue weighted by Crippen LogP contribution is 2.24. The van der Waals surface area contributed by atoms with Crippen LogP contribution in [-0.2, 0) is 9.53 Å². The molecule has 11 nitrogen and oxygen atoms in total. The number of nitrogens with one attached hydrogen (secondary N) is 4. The van der Waals surface area contributed by atoms with Gasteiger partial charge in [-0.15, -0.1) is 0 Å². The maximum atomic E-state index is 13.8. The van der Waals surface area contributed by atoms with Gasteiger partial charge in [-0.05, 0) is 18.2 Å². The van der Waals surface area contributed by atoms with Crippen LogP contribution < -0.4 is 26.4 Å². The fourth-order valence-electron chi connectivity index (χ4n) is 4.14. The van der Waals surface area contributed by atoms with Crippen molar-refractivity contribution >= 4 is 35.1 Å². The summed E-state index contributed by atoms with van der Waals surface area (Å²) in [5.41, 5.74) is 7.10. The molecule has 0 bridgehead atoms. The number of amides is 4. The Hall–Kier alpha value is -4.84. The molecule has 2 aliphatic heterocycles. The topological polar surface area (TPSA) is 137 Å². The van der Waals surface area contributed by atoms with Crippen LogP contribution in [0, 0.1) is 5.95 Å². The monoisotopic (exact) mass is 517 g/mol. The first-order valence-electron chi connectivity index (χ1n) is 11.9. The number of nitrogens with zero attached hydrogens (tertiary/aromatic N) is 3. The number of aliphatic imine (C=N–C) groups is 1. The van der Waals surface area contributed by atoms with Gasteiger partial charge in [0.15, 0.2) is 0 Å². The van der Waals surface area contributed by atoms with Gasteiger partial charge in [-0.25, -0.2) is 20.2 Å². The maximum Gasteiger partial charge on any atom is 0.335 e. The van der Waals surface area contributed by atoms with Gasteiger partial charge in [-0.2, -0.15) is 4.39 Å². The molecule has 12 heteroatoms. The number of benzodiazepines with no additional fused rings is 1. The molecule has 1 atom stereocenters. The molecule has 194 valence electrons. The lowest BCUT2D eigenvalue weighted by Gasteiger charge is -2.29. The number of carbonyl (C=O) groups excluding carboxylic acids is 3. The molecule has 1 saturated heterocycles. The second-order valence-corrected chi connectivity index (χ2v) is 8.44. The zero-order valence-corrected chi connectivity index (χ0v) is 20.1. The van der Waals surface area contributed by atoms with Crippen molar-refractivity contribution in [3.8, 4) is 0 Å². The Labute approximate surface area is 217 Å². The highest BCUT2D eigenvalue weighted by atomic mass is 19.1. The van der Waals surface area contributed by atoms with Crippen LogP contribution in [0.3, 0.4) is 0 Å². The highest BCUT2D eigenvalue weighted by molar-refractivity contribution is 6.19. The molecular formula is C26H24FN7O4. The molecule has 38 heavy (non-hydrogen) atoms. The third-order valence-corrected chi connectivity index (χ3v) is 5.95. The predicted molar refractivity (Wildman–Crippen MR) is 137 cm³/mol. The van der Waals surface area contributed by atoms with Crippen LogP contribution in [0.25, 0.3) is 0 Å². The number of fused-ring (bicyclic) bond motifs is 1. The first-order chi connectivity index (χ1) is 18.5. The van der Waals surface area contributed by atoms with Crippen molar-refractivity contribution in [2.45, 2.75) is 6.17 Å². The SMILES string of the molecule is O=C(NNC(=O)c1ccc(F)nc1N1CCOCC1)N[C@H]1N=C(c2ccccc2)c2ccccc2NC1=O. The number of morpholine rings is 1. The number of benzene rings is 2. The molecule has 0 aliphatic carbocycles. The summed E-state index contributed by atoms with van der Waals surface area (Å²) in [6.45, 7) is 1.70. The summed E-state index contributed by atoms with van der Waals surface area (Å²) in [5.74, 6) is -1.85. The minimum atomic E-state index is -1.29. The molecule has 0 radical (unpaired) electrons. The molecule has 4 N–H and O–H groups in total. The lowest BCUT2D eigenvalue weighted by molar-refractivity contribution is -0.117. The van der Waals surface area contributed by atoms with Crippen molar-refractivity contribution in [1.29, 1.82) is 0 Å². The molecule has 0 saturated carbocycles. The van der Waals surface area contributed by atoms with Gasteiger partial charge in [0.2, 0.25) is 12.1 Å². The largest absolute Gasteiger partial charge is 0.378 e. The van der Waals surface area contributed by atoms with Crippen molar-refractivity contribution in [2.24, 2.45) is 4.99 Å². The van der Waals surface area contributed by atoms with E-state index in [9.17, 15) is 18.8 Å². The Bertz CT molecular complexity index is 1390. The Morgan fingerprint density at radius 3 is 2.50 bits per heavy atom. The van der Waals surface area contributed by atoms with E-state index >= 15 is 0 Å². The van der Waals surface area contributed by atoms with Gasteiger partial charge in [-0.1, -0.05) is 48.5 Å².